The van der Waals surface area contributed by atoms with E-state index in [-0.39, 0.29) is 5.56 Å². The predicted octanol–water partition coefficient (Wildman–Crippen LogP) is 3.42. The number of ether oxygens (including phenoxy) is 1. The number of carboxylic acid groups (broad SMARTS) is 1. The van der Waals surface area contributed by atoms with Crippen LogP contribution in [0.3, 0.4) is 0 Å². The minimum atomic E-state index is -0.995. The third-order valence-corrected chi connectivity index (χ3v) is 4.05. The number of aryl methyl sites for hydroxylation is 1. The number of nitrogens with one attached hydrogen (secondary N) is 1. The lowest BCUT2D eigenvalue weighted by atomic mass is 10.2. The summed E-state index contributed by atoms with van der Waals surface area (Å²) in [5.74, 6) is -0.340. The van der Waals surface area contributed by atoms with Crippen molar-refractivity contribution >= 4 is 34.1 Å². The Bertz CT molecular complexity index is 643. The molecule has 20 heavy (non-hydrogen) atoms. The van der Waals surface area contributed by atoms with Crippen LogP contribution in [-0.4, -0.2) is 22.6 Å². The average Bonchev–Trinajstić information content (AvgIpc) is 2.78. The van der Waals surface area contributed by atoms with Crippen LogP contribution >= 0.6 is 23.1 Å². The van der Waals surface area contributed by atoms with Gasteiger partial charge in [-0.3, -0.25) is 0 Å². The zero-order valence-corrected chi connectivity index (χ0v) is 12.5. The van der Waals surface area contributed by atoms with Gasteiger partial charge in [-0.15, -0.1) is 0 Å². The second kappa shape index (κ2) is 6.11. The first-order valence-corrected chi connectivity index (χ1v) is 6.94. The number of carboxylic acids is 1. The van der Waals surface area contributed by atoms with Crippen LogP contribution in [0.2, 0.25) is 5.02 Å². The van der Waals surface area contributed by atoms with E-state index in [1.54, 1.807) is 32.2 Å². The molecule has 1 heterocycles. The van der Waals surface area contributed by atoms with Crippen molar-refractivity contribution in [1.82, 2.24) is 4.37 Å². The lowest BCUT2D eigenvalue weighted by molar-refractivity contribution is 0.0697. The zero-order chi connectivity index (χ0) is 14.7. The van der Waals surface area contributed by atoms with Crippen molar-refractivity contribution in [3.63, 3.8) is 0 Å². The van der Waals surface area contributed by atoms with Crippen molar-refractivity contribution in [3.05, 3.63) is 40.0 Å². The van der Waals surface area contributed by atoms with Crippen molar-refractivity contribution in [2.45, 2.75) is 13.5 Å². The third kappa shape index (κ3) is 2.86. The van der Waals surface area contributed by atoms with Crippen molar-refractivity contribution in [1.29, 1.82) is 0 Å². The Balaban J connectivity index is 2.24. The first-order chi connectivity index (χ1) is 9.54. The van der Waals surface area contributed by atoms with Gasteiger partial charge in [0, 0.05) is 17.1 Å². The maximum atomic E-state index is 11.2. The molecule has 0 aliphatic heterocycles. The third-order valence-electron chi connectivity index (χ3n) is 2.80. The Morgan fingerprint density at radius 2 is 2.30 bits per heavy atom. The molecule has 0 aliphatic rings. The molecule has 106 valence electrons. The van der Waals surface area contributed by atoms with E-state index in [2.05, 4.69) is 9.69 Å². The van der Waals surface area contributed by atoms with Crippen molar-refractivity contribution in [3.8, 4) is 5.75 Å². The number of nitrogens with zero attached hydrogens (tertiary/aromatic N) is 1. The highest BCUT2D eigenvalue weighted by Crippen LogP contribution is 2.29. The summed E-state index contributed by atoms with van der Waals surface area (Å²) >= 11 is 7.25. The highest BCUT2D eigenvalue weighted by Gasteiger charge is 2.18. The lowest BCUT2D eigenvalue weighted by Crippen LogP contribution is -2.06. The molecule has 0 fully saturated rings. The number of methoxy groups -OCH3 is 1. The molecule has 0 unspecified atom stereocenters. The van der Waals surface area contributed by atoms with E-state index in [0.29, 0.717) is 28.0 Å². The van der Waals surface area contributed by atoms with E-state index in [1.807, 2.05) is 0 Å². The van der Waals surface area contributed by atoms with Gasteiger partial charge in [0.1, 0.15) is 16.3 Å². The van der Waals surface area contributed by atoms with E-state index >= 15 is 0 Å². The SMILES string of the molecule is COc1cccc(Cl)c1CNc1snc(C)c1C(=O)O. The molecule has 0 aliphatic carbocycles. The number of aromatic nitrogens is 1. The van der Waals surface area contributed by atoms with E-state index < -0.39 is 5.97 Å². The fourth-order valence-corrected chi connectivity index (χ4v) is 2.83. The number of aromatic carboxylic acids is 1. The van der Waals surface area contributed by atoms with Crippen molar-refractivity contribution in [2.24, 2.45) is 0 Å². The summed E-state index contributed by atoms with van der Waals surface area (Å²) < 4.78 is 9.29. The molecule has 0 amide bonds. The van der Waals surface area contributed by atoms with Crippen LogP contribution in [0.25, 0.3) is 0 Å². The Hall–Kier alpha value is -1.79. The summed E-state index contributed by atoms with van der Waals surface area (Å²) in [6.45, 7) is 2.03. The molecule has 0 saturated carbocycles. The molecule has 0 radical (unpaired) electrons. The summed E-state index contributed by atoms with van der Waals surface area (Å²) in [6.07, 6.45) is 0. The molecule has 0 bridgehead atoms. The Morgan fingerprint density at radius 1 is 1.55 bits per heavy atom. The highest BCUT2D eigenvalue weighted by atomic mass is 35.5. The smallest absolute Gasteiger partial charge is 0.340 e. The Labute approximate surface area is 125 Å². The number of rotatable bonds is 5. The van der Waals surface area contributed by atoms with E-state index in [1.165, 1.54) is 0 Å². The number of benzene rings is 1. The number of hydrogen-bond acceptors (Lipinski definition) is 5. The van der Waals surface area contributed by atoms with Crippen LogP contribution in [0.5, 0.6) is 5.75 Å². The minimum absolute atomic E-state index is 0.195. The normalized spacial score (nSPS) is 10.3. The molecule has 5 nitrogen and oxygen atoms in total. The van der Waals surface area contributed by atoms with Crippen molar-refractivity contribution < 1.29 is 14.6 Å². The van der Waals surface area contributed by atoms with Crippen LogP contribution in [0.15, 0.2) is 18.2 Å². The summed E-state index contributed by atoms with van der Waals surface area (Å²) in [5, 5.41) is 13.3. The van der Waals surface area contributed by atoms with Gasteiger partial charge in [-0.2, -0.15) is 4.37 Å². The largest absolute Gasteiger partial charge is 0.496 e. The van der Waals surface area contributed by atoms with Crippen LogP contribution in [0.1, 0.15) is 21.6 Å². The first kappa shape index (κ1) is 14.6. The second-order valence-electron chi connectivity index (χ2n) is 4.05. The van der Waals surface area contributed by atoms with Gasteiger partial charge < -0.3 is 15.2 Å². The Morgan fingerprint density at radius 3 is 2.95 bits per heavy atom. The molecule has 7 heteroatoms. The van der Waals surface area contributed by atoms with Crippen LogP contribution in [0, 0.1) is 6.92 Å². The van der Waals surface area contributed by atoms with Gasteiger partial charge in [-0.25, -0.2) is 4.79 Å². The topological polar surface area (TPSA) is 71.5 Å². The molecular weight excluding hydrogens is 300 g/mol. The molecular formula is C13H13ClN2O3S. The summed E-state index contributed by atoms with van der Waals surface area (Å²) in [6, 6.07) is 5.36. The second-order valence-corrected chi connectivity index (χ2v) is 5.23. The number of anilines is 1. The van der Waals surface area contributed by atoms with Crippen LogP contribution in [-0.2, 0) is 6.54 Å². The predicted molar refractivity (Wildman–Crippen MR) is 79.1 cm³/mol. The quantitative estimate of drug-likeness (QED) is 0.885. The van der Waals surface area contributed by atoms with Gasteiger partial charge in [-0.1, -0.05) is 17.7 Å². The molecule has 1 aromatic heterocycles. The average molecular weight is 313 g/mol. The molecule has 0 saturated heterocycles. The Kier molecular flexibility index (Phi) is 4.46. The number of hydrogen-bond donors (Lipinski definition) is 2. The van der Waals surface area contributed by atoms with Gasteiger partial charge in [0.15, 0.2) is 0 Å². The molecule has 0 spiro atoms. The lowest BCUT2D eigenvalue weighted by Gasteiger charge is -2.11. The van der Waals surface area contributed by atoms with E-state index in [4.69, 9.17) is 21.4 Å². The minimum Gasteiger partial charge on any atom is -0.496 e. The molecule has 2 aromatic rings. The fraction of sp³-hybridized carbons (Fsp3) is 0.231. The molecule has 0 atom stereocenters. The summed E-state index contributed by atoms with van der Waals surface area (Å²) in [5.41, 5.74) is 1.47. The molecule has 2 rings (SSSR count). The highest BCUT2D eigenvalue weighted by molar-refractivity contribution is 7.10. The number of carbonyl (C=O) groups is 1. The number of halogens is 1. The maximum Gasteiger partial charge on any atom is 0.340 e. The van der Waals surface area contributed by atoms with Gasteiger partial charge in [0.2, 0.25) is 0 Å². The maximum absolute atomic E-state index is 11.2. The molecule has 2 N–H and O–H groups in total. The van der Waals surface area contributed by atoms with Gasteiger partial charge in [0.25, 0.3) is 0 Å². The van der Waals surface area contributed by atoms with E-state index in [0.717, 1.165) is 17.1 Å². The van der Waals surface area contributed by atoms with Crippen LogP contribution in [0.4, 0.5) is 5.00 Å². The van der Waals surface area contributed by atoms with Gasteiger partial charge in [-0.05, 0) is 30.6 Å². The van der Waals surface area contributed by atoms with Crippen LogP contribution < -0.4 is 10.1 Å². The first-order valence-electron chi connectivity index (χ1n) is 5.79. The monoisotopic (exact) mass is 312 g/mol. The van der Waals surface area contributed by atoms with Crippen molar-refractivity contribution in [2.75, 3.05) is 12.4 Å². The molecule has 1 aromatic carbocycles. The summed E-state index contributed by atoms with van der Waals surface area (Å²) in [4.78, 5) is 11.2. The standard InChI is InChI=1S/C13H13ClN2O3S/c1-7-11(13(17)18)12(20-16-7)15-6-8-9(14)4-3-5-10(8)19-2/h3-5,15H,6H2,1-2H3,(H,17,18). The van der Waals surface area contributed by atoms with E-state index in [9.17, 15) is 4.79 Å². The fourth-order valence-electron chi connectivity index (χ4n) is 1.81. The summed E-state index contributed by atoms with van der Waals surface area (Å²) in [7, 11) is 1.56. The van der Waals surface area contributed by atoms with Gasteiger partial charge in [0.05, 0.1) is 12.8 Å². The zero-order valence-electron chi connectivity index (χ0n) is 10.9. The van der Waals surface area contributed by atoms with Gasteiger partial charge >= 0.3 is 5.97 Å².